The number of ether oxygens (including phenoxy) is 1. The lowest BCUT2D eigenvalue weighted by Crippen LogP contribution is -2.17. The van der Waals surface area contributed by atoms with Crippen LogP contribution in [0.2, 0.25) is 0 Å². The molecule has 0 radical (unpaired) electrons. The molecule has 0 unspecified atom stereocenters. The fourth-order valence-electron chi connectivity index (χ4n) is 3.72. The molecule has 1 nitrogen and oxygen atoms in total. The highest BCUT2D eigenvalue weighted by molar-refractivity contribution is 6.08. The van der Waals surface area contributed by atoms with Crippen molar-refractivity contribution in [2.45, 2.75) is 32.5 Å². The van der Waals surface area contributed by atoms with Crippen LogP contribution in [0.25, 0.3) is 32.7 Å². The molecule has 0 saturated heterocycles. The molecule has 154 valence electrons. The topological polar surface area (TPSA) is 9.23 Å². The Hall–Kier alpha value is -3.08. The van der Waals surface area contributed by atoms with E-state index in [-0.39, 0.29) is 0 Å². The predicted octanol–water partition coefficient (Wildman–Crippen LogP) is 8.04. The summed E-state index contributed by atoms with van der Waals surface area (Å²) in [6.07, 6.45) is -1.56. The van der Waals surface area contributed by atoms with Crippen LogP contribution in [0.15, 0.2) is 66.7 Å². The number of hydrogen-bond donors (Lipinski definition) is 0. The molecule has 0 aliphatic heterocycles. The van der Waals surface area contributed by atoms with E-state index < -0.39 is 17.9 Å². The molecule has 0 aliphatic carbocycles. The van der Waals surface area contributed by atoms with E-state index in [4.69, 9.17) is 0 Å². The van der Waals surface area contributed by atoms with E-state index in [0.717, 1.165) is 53.1 Å². The van der Waals surface area contributed by atoms with Crippen LogP contribution in [0.1, 0.15) is 25.3 Å². The Morgan fingerprint density at radius 1 is 0.767 bits per heavy atom. The minimum absolute atomic E-state index is 0.485. The maximum atomic E-state index is 14.1. The summed E-state index contributed by atoms with van der Waals surface area (Å²) in [5.74, 6) is -1.89. The fraction of sp³-hybridized carbons (Fsp3) is 0.200. The number of aryl methyl sites for hydroxylation is 1. The number of alkyl halides is 3. The number of rotatable bonds is 5. The van der Waals surface area contributed by atoms with Crippen molar-refractivity contribution in [3.05, 3.63) is 78.1 Å². The molecule has 4 rings (SSSR count). The Labute approximate surface area is 171 Å². The smallest absolute Gasteiger partial charge is 0.403 e. The molecule has 4 aromatic carbocycles. The molecule has 30 heavy (non-hydrogen) atoms. The van der Waals surface area contributed by atoms with Gasteiger partial charge >= 0.3 is 6.36 Å². The van der Waals surface area contributed by atoms with Gasteiger partial charge in [0, 0.05) is 0 Å². The van der Waals surface area contributed by atoms with Gasteiger partial charge in [-0.1, -0.05) is 61.9 Å². The zero-order valence-electron chi connectivity index (χ0n) is 16.4. The Balaban J connectivity index is 1.69. The minimum Gasteiger partial charge on any atom is -0.403 e. The summed E-state index contributed by atoms with van der Waals surface area (Å²) in [6.45, 7) is 2.18. The van der Waals surface area contributed by atoms with Gasteiger partial charge in [0.25, 0.3) is 0 Å². The average Bonchev–Trinajstić information content (AvgIpc) is 2.72. The highest BCUT2D eigenvalue weighted by Crippen LogP contribution is 2.33. The van der Waals surface area contributed by atoms with Gasteiger partial charge < -0.3 is 4.74 Å². The number of hydrogen-bond acceptors (Lipinski definition) is 1. The van der Waals surface area contributed by atoms with Crippen LogP contribution in [0.3, 0.4) is 0 Å². The maximum absolute atomic E-state index is 14.1. The normalized spacial score (nSPS) is 11.9. The molecule has 0 amide bonds. The highest BCUT2D eigenvalue weighted by Gasteiger charge is 2.32. The SMILES string of the molecule is CCCCc1ccc2c(ccc3cc(-c4ccc(OC(F)(F)F)c(F)c4)ccc32)c1. The summed E-state index contributed by atoms with van der Waals surface area (Å²) in [5, 5.41) is 4.37. The first kappa shape index (κ1) is 20.2. The lowest BCUT2D eigenvalue weighted by molar-refractivity contribution is -0.275. The van der Waals surface area contributed by atoms with Gasteiger partial charge in [0.2, 0.25) is 0 Å². The first-order valence-corrected chi connectivity index (χ1v) is 9.85. The average molecular weight is 412 g/mol. The van der Waals surface area contributed by atoms with Crippen LogP contribution in [-0.4, -0.2) is 6.36 Å². The van der Waals surface area contributed by atoms with Crippen molar-refractivity contribution in [3.8, 4) is 16.9 Å². The molecule has 4 aromatic rings. The summed E-state index contributed by atoms with van der Waals surface area (Å²) in [6, 6.07) is 19.8. The van der Waals surface area contributed by atoms with Crippen molar-refractivity contribution < 1.29 is 22.3 Å². The summed E-state index contributed by atoms with van der Waals surface area (Å²) < 4.78 is 54.8. The van der Waals surface area contributed by atoms with Gasteiger partial charge in [-0.3, -0.25) is 0 Å². The molecule has 0 N–H and O–H groups in total. The zero-order chi connectivity index (χ0) is 21.3. The van der Waals surface area contributed by atoms with E-state index in [1.54, 1.807) is 0 Å². The first-order chi connectivity index (χ1) is 14.3. The van der Waals surface area contributed by atoms with Gasteiger partial charge in [0.05, 0.1) is 0 Å². The zero-order valence-corrected chi connectivity index (χ0v) is 16.4. The monoisotopic (exact) mass is 412 g/mol. The molecule has 0 bridgehead atoms. The van der Waals surface area contributed by atoms with Crippen LogP contribution in [0, 0.1) is 5.82 Å². The van der Waals surface area contributed by atoms with Crippen LogP contribution >= 0.6 is 0 Å². The molecule has 0 atom stereocenters. The summed E-state index contributed by atoms with van der Waals surface area (Å²) in [5.41, 5.74) is 2.52. The minimum atomic E-state index is -4.93. The molecule has 0 aromatic heterocycles. The van der Waals surface area contributed by atoms with Gasteiger partial charge in [0.15, 0.2) is 11.6 Å². The summed E-state index contributed by atoms with van der Waals surface area (Å²) in [4.78, 5) is 0. The molecule has 0 saturated carbocycles. The Morgan fingerprint density at radius 3 is 2.07 bits per heavy atom. The third-order valence-electron chi connectivity index (χ3n) is 5.21. The molecule has 5 heteroatoms. The molecular formula is C25H20F4O. The van der Waals surface area contributed by atoms with Crippen molar-refractivity contribution in [3.63, 3.8) is 0 Å². The Morgan fingerprint density at radius 2 is 1.40 bits per heavy atom. The molecule has 0 fully saturated rings. The number of unbranched alkanes of at least 4 members (excludes halogenated alkanes) is 1. The van der Waals surface area contributed by atoms with E-state index in [0.29, 0.717) is 5.56 Å². The third-order valence-corrected chi connectivity index (χ3v) is 5.21. The van der Waals surface area contributed by atoms with Crippen molar-refractivity contribution in [2.24, 2.45) is 0 Å². The van der Waals surface area contributed by atoms with Crippen LogP contribution < -0.4 is 4.74 Å². The number of fused-ring (bicyclic) bond motifs is 3. The van der Waals surface area contributed by atoms with Gasteiger partial charge in [-0.25, -0.2) is 4.39 Å². The second-order valence-electron chi connectivity index (χ2n) is 7.35. The van der Waals surface area contributed by atoms with Crippen molar-refractivity contribution in [2.75, 3.05) is 0 Å². The standard InChI is InChI=1S/C25H20F4O/c1-2-3-4-16-5-10-21-19(13-16)6-7-20-14-17(8-11-22(20)21)18-9-12-24(23(26)15-18)30-25(27,28)29/h5-15H,2-4H2,1H3. The second-order valence-corrected chi connectivity index (χ2v) is 7.35. The van der Waals surface area contributed by atoms with E-state index in [2.05, 4.69) is 35.9 Å². The number of benzene rings is 4. The first-order valence-electron chi connectivity index (χ1n) is 9.85. The molecular weight excluding hydrogens is 392 g/mol. The van der Waals surface area contributed by atoms with Crippen LogP contribution in [0.5, 0.6) is 5.75 Å². The van der Waals surface area contributed by atoms with E-state index >= 15 is 0 Å². The van der Waals surface area contributed by atoms with Gasteiger partial charge in [-0.2, -0.15) is 0 Å². The molecule has 0 spiro atoms. The Bertz CT molecular complexity index is 1210. The molecule has 0 aliphatic rings. The highest BCUT2D eigenvalue weighted by atomic mass is 19.4. The lowest BCUT2D eigenvalue weighted by Gasteiger charge is -2.12. The summed E-state index contributed by atoms with van der Waals surface area (Å²) in [7, 11) is 0. The fourth-order valence-corrected chi connectivity index (χ4v) is 3.72. The van der Waals surface area contributed by atoms with Gasteiger partial charge in [-0.05, 0) is 69.3 Å². The summed E-state index contributed by atoms with van der Waals surface area (Å²) >= 11 is 0. The van der Waals surface area contributed by atoms with Crippen LogP contribution in [0.4, 0.5) is 17.6 Å². The van der Waals surface area contributed by atoms with Crippen molar-refractivity contribution >= 4 is 21.5 Å². The maximum Gasteiger partial charge on any atom is 0.573 e. The quantitative estimate of drug-likeness (QED) is 0.238. The van der Waals surface area contributed by atoms with Crippen LogP contribution in [-0.2, 0) is 6.42 Å². The second kappa shape index (κ2) is 7.98. The molecule has 0 heterocycles. The largest absolute Gasteiger partial charge is 0.573 e. The predicted molar refractivity (Wildman–Crippen MR) is 112 cm³/mol. The van der Waals surface area contributed by atoms with E-state index in [1.807, 2.05) is 24.3 Å². The van der Waals surface area contributed by atoms with Gasteiger partial charge in [0.1, 0.15) is 0 Å². The number of halogens is 4. The third kappa shape index (κ3) is 4.25. The van der Waals surface area contributed by atoms with E-state index in [9.17, 15) is 17.6 Å². The lowest BCUT2D eigenvalue weighted by atomic mass is 9.95. The Kier molecular flexibility index (Phi) is 5.37. The van der Waals surface area contributed by atoms with E-state index in [1.165, 1.54) is 17.0 Å². The van der Waals surface area contributed by atoms with Crippen molar-refractivity contribution in [1.29, 1.82) is 0 Å². The van der Waals surface area contributed by atoms with Crippen molar-refractivity contribution in [1.82, 2.24) is 0 Å². The van der Waals surface area contributed by atoms with Gasteiger partial charge in [-0.15, -0.1) is 13.2 Å².